The van der Waals surface area contributed by atoms with Gasteiger partial charge in [-0.15, -0.1) is 0 Å². The lowest BCUT2D eigenvalue weighted by Gasteiger charge is -2.10. The van der Waals surface area contributed by atoms with E-state index in [0.717, 1.165) is 28.1 Å². The van der Waals surface area contributed by atoms with Crippen LogP contribution in [0.4, 0.5) is 5.82 Å². The maximum absolute atomic E-state index is 12.9. The number of ether oxygens (including phenoxy) is 1. The van der Waals surface area contributed by atoms with Gasteiger partial charge in [-0.05, 0) is 67.9 Å². The van der Waals surface area contributed by atoms with Gasteiger partial charge in [-0.1, -0.05) is 60.2 Å². The van der Waals surface area contributed by atoms with E-state index in [-0.39, 0.29) is 10.9 Å². The number of esters is 1. The lowest BCUT2D eigenvalue weighted by molar-refractivity contribution is 0.0527. The van der Waals surface area contributed by atoms with Crippen LogP contribution in [-0.2, 0) is 14.8 Å². The summed E-state index contributed by atoms with van der Waals surface area (Å²) in [7, 11) is -3.78. The predicted molar refractivity (Wildman–Crippen MR) is 192 cm³/mol. The van der Waals surface area contributed by atoms with E-state index in [1.54, 1.807) is 80.4 Å². The van der Waals surface area contributed by atoms with Crippen molar-refractivity contribution in [3.05, 3.63) is 158 Å². The van der Waals surface area contributed by atoms with Gasteiger partial charge in [0.1, 0.15) is 11.6 Å². The van der Waals surface area contributed by atoms with Crippen LogP contribution in [0.3, 0.4) is 0 Å². The monoisotopic (exact) mass is 683 g/mol. The normalized spacial score (nSPS) is 10.9. The molecule has 0 atom stereocenters. The minimum absolute atomic E-state index is 0.178. The summed E-state index contributed by atoms with van der Waals surface area (Å²) in [4.78, 5) is 25.0. The van der Waals surface area contributed by atoms with Crippen molar-refractivity contribution in [2.24, 2.45) is 0 Å². The summed E-state index contributed by atoms with van der Waals surface area (Å²) in [5, 5.41) is 4.54. The van der Waals surface area contributed by atoms with E-state index >= 15 is 0 Å². The zero-order valence-electron chi connectivity index (χ0n) is 27.3. The number of rotatable bonds is 9. The van der Waals surface area contributed by atoms with E-state index in [9.17, 15) is 13.2 Å². The molecule has 1 N–H and O–H groups in total. The fraction of sp³-hybridized carbons (Fsp3) is 0.0789. The molecule has 5 heterocycles. The highest BCUT2D eigenvalue weighted by atomic mass is 32.2. The highest BCUT2D eigenvalue weighted by Crippen LogP contribution is 2.28. The number of aryl methyl sites for hydroxylation is 1. The van der Waals surface area contributed by atoms with Gasteiger partial charge in [0.25, 0.3) is 10.0 Å². The standard InChI is InChI=1S/C20H17N5O2S.C18H16N2O2/c1-15-5-7-17(8-6-15)28(26,27)24-20-14-18(16-9-12-21-13-10-16)23-25(20)19-4-2-3-11-22-19;1-2-22-18(21)16-13-20(17-10-6-7-11-19-17)12-15(16)14-8-4-3-5-9-14/h2-14,24H,1H3;3-13H,2H2,1H3. The number of sulfonamides is 1. The lowest BCUT2D eigenvalue weighted by Crippen LogP contribution is -2.16. The summed E-state index contributed by atoms with van der Waals surface area (Å²) in [6.45, 7) is 4.05. The van der Waals surface area contributed by atoms with Gasteiger partial charge in [-0.3, -0.25) is 9.71 Å². The second kappa shape index (κ2) is 15.2. The Morgan fingerprint density at radius 3 is 2.06 bits per heavy atom. The second-order valence-electron chi connectivity index (χ2n) is 10.9. The molecule has 0 aliphatic rings. The number of carbonyl (C=O) groups is 1. The first-order chi connectivity index (χ1) is 24.3. The van der Waals surface area contributed by atoms with E-state index in [4.69, 9.17) is 4.74 Å². The highest BCUT2D eigenvalue weighted by molar-refractivity contribution is 7.92. The lowest BCUT2D eigenvalue weighted by atomic mass is 10.1. The molecule has 250 valence electrons. The summed E-state index contributed by atoms with van der Waals surface area (Å²) >= 11 is 0. The molecule has 0 aliphatic heterocycles. The van der Waals surface area contributed by atoms with Gasteiger partial charge in [0.15, 0.2) is 5.82 Å². The average Bonchev–Trinajstić information content (AvgIpc) is 3.79. The Hall–Kier alpha value is -6.40. The van der Waals surface area contributed by atoms with Crippen LogP contribution in [-0.4, -0.2) is 50.3 Å². The molecule has 0 aliphatic carbocycles. The third-order valence-electron chi connectivity index (χ3n) is 7.44. The van der Waals surface area contributed by atoms with Gasteiger partial charge < -0.3 is 9.30 Å². The van der Waals surface area contributed by atoms with Gasteiger partial charge in [0, 0.05) is 54.4 Å². The van der Waals surface area contributed by atoms with Gasteiger partial charge >= 0.3 is 5.97 Å². The van der Waals surface area contributed by atoms with Crippen LogP contribution in [0.1, 0.15) is 22.8 Å². The first-order valence-corrected chi connectivity index (χ1v) is 17.2. The van der Waals surface area contributed by atoms with Gasteiger partial charge in [0.05, 0.1) is 22.8 Å². The maximum atomic E-state index is 12.9. The Morgan fingerprint density at radius 1 is 0.760 bits per heavy atom. The average molecular weight is 684 g/mol. The van der Waals surface area contributed by atoms with E-state index in [1.165, 1.54) is 4.68 Å². The van der Waals surface area contributed by atoms with E-state index in [2.05, 4.69) is 24.8 Å². The Bertz CT molecular complexity index is 2280. The summed E-state index contributed by atoms with van der Waals surface area (Å²) < 4.78 is 36.8. The molecule has 11 nitrogen and oxygen atoms in total. The molecule has 0 amide bonds. The number of carbonyl (C=O) groups excluding carboxylic acids is 1. The smallest absolute Gasteiger partial charge is 0.340 e. The van der Waals surface area contributed by atoms with Crippen molar-refractivity contribution >= 4 is 21.8 Å². The van der Waals surface area contributed by atoms with Crippen molar-refractivity contribution in [2.75, 3.05) is 11.3 Å². The minimum Gasteiger partial charge on any atom is -0.462 e. The fourth-order valence-corrected chi connectivity index (χ4v) is 6.03. The van der Waals surface area contributed by atoms with E-state index in [1.807, 2.05) is 84.4 Å². The third kappa shape index (κ3) is 7.83. The molecule has 7 rings (SSSR count). The first-order valence-electron chi connectivity index (χ1n) is 15.7. The largest absolute Gasteiger partial charge is 0.462 e. The third-order valence-corrected chi connectivity index (χ3v) is 8.81. The number of pyridine rings is 3. The molecule has 12 heteroatoms. The molecule has 0 radical (unpaired) electrons. The van der Waals surface area contributed by atoms with Crippen LogP contribution in [0.5, 0.6) is 0 Å². The summed E-state index contributed by atoms with van der Waals surface area (Å²) in [6.07, 6.45) is 10.3. The first kappa shape index (κ1) is 33.5. The molecule has 0 saturated heterocycles. The molecule has 0 fully saturated rings. The molecule has 0 unspecified atom stereocenters. The summed E-state index contributed by atoms with van der Waals surface area (Å²) in [5.74, 6) is 1.24. The topological polar surface area (TPSA) is 134 Å². The molecule has 50 heavy (non-hydrogen) atoms. The van der Waals surface area contributed by atoms with Crippen molar-refractivity contribution in [3.63, 3.8) is 0 Å². The van der Waals surface area contributed by atoms with Crippen LogP contribution < -0.4 is 4.72 Å². The summed E-state index contributed by atoms with van der Waals surface area (Å²) in [5.41, 5.74) is 4.76. The van der Waals surface area contributed by atoms with Crippen molar-refractivity contribution < 1.29 is 17.9 Å². The van der Waals surface area contributed by atoms with Crippen molar-refractivity contribution in [1.82, 2.24) is 29.3 Å². The Morgan fingerprint density at radius 2 is 1.42 bits per heavy atom. The number of hydrogen-bond acceptors (Lipinski definition) is 8. The Balaban J connectivity index is 0.000000178. The zero-order valence-corrected chi connectivity index (χ0v) is 28.1. The van der Waals surface area contributed by atoms with Crippen LogP contribution >= 0.6 is 0 Å². The SMILES string of the molecule is CCOC(=O)c1cn(-c2ccccn2)cc1-c1ccccc1.Cc1ccc(S(=O)(=O)Nc2cc(-c3ccncc3)nn2-c2ccccn2)cc1. The minimum atomic E-state index is -3.78. The molecular weight excluding hydrogens is 651 g/mol. The van der Waals surface area contributed by atoms with Crippen molar-refractivity contribution in [2.45, 2.75) is 18.7 Å². The molecule has 2 aromatic carbocycles. The number of hydrogen-bond donors (Lipinski definition) is 1. The van der Waals surface area contributed by atoms with Gasteiger partial charge in [-0.25, -0.2) is 23.2 Å². The number of nitrogens with one attached hydrogen (secondary N) is 1. The zero-order chi connectivity index (χ0) is 34.9. The molecule has 7 aromatic rings. The van der Waals surface area contributed by atoms with Gasteiger partial charge in [-0.2, -0.15) is 9.78 Å². The maximum Gasteiger partial charge on any atom is 0.340 e. The number of aromatic nitrogens is 6. The Kier molecular flexibility index (Phi) is 10.2. The van der Waals surface area contributed by atoms with Crippen LogP contribution in [0.15, 0.2) is 151 Å². The van der Waals surface area contributed by atoms with Crippen LogP contribution in [0.25, 0.3) is 34.0 Å². The van der Waals surface area contributed by atoms with Gasteiger partial charge in [0.2, 0.25) is 0 Å². The quantitative estimate of drug-likeness (QED) is 0.159. The van der Waals surface area contributed by atoms with Crippen molar-refractivity contribution in [3.8, 4) is 34.0 Å². The Labute approximate surface area is 290 Å². The van der Waals surface area contributed by atoms with Crippen LogP contribution in [0.2, 0.25) is 0 Å². The second-order valence-corrected chi connectivity index (χ2v) is 12.6. The number of benzene rings is 2. The number of nitrogens with zero attached hydrogens (tertiary/aromatic N) is 6. The molecule has 0 spiro atoms. The highest BCUT2D eigenvalue weighted by Gasteiger charge is 2.20. The van der Waals surface area contributed by atoms with E-state index < -0.39 is 10.0 Å². The predicted octanol–water partition coefficient (Wildman–Crippen LogP) is 7.15. The molecule has 5 aromatic heterocycles. The molecule has 0 bridgehead atoms. The molecule has 0 saturated carbocycles. The fourth-order valence-electron chi connectivity index (χ4n) is 5.00. The number of anilines is 1. The summed E-state index contributed by atoms with van der Waals surface area (Å²) in [6, 6.07) is 32.8. The van der Waals surface area contributed by atoms with Crippen molar-refractivity contribution in [1.29, 1.82) is 0 Å². The van der Waals surface area contributed by atoms with E-state index in [0.29, 0.717) is 29.5 Å². The van der Waals surface area contributed by atoms with Crippen LogP contribution in [0, 0.1) is 6.92 Å². The molecular formula is C38H33N7O4S.